The quantitative estimate of drug-likeness (QED) is 0.820. The molecule has 18 heavy (non-hydrogen) atoms. The summed E-state index contributed by atoms with van der Waals surface area (Å²) in [4.78, 5) is 2.34. The van der Waals surface area contributed by atoms with Gasteiger partial charge in [0.1, 0.15) is 5.75 Å². The van der Waals surface area contributed by atoms with Crippen molar-refractivity contribution in [3.63, 3.8) is 0 Å². The van der Waals surface area contributed by atoms with Crippen LogP contribution in [0, 0.1) is 0 Å². The summed E-state index contributed by atoms with van der Waals surface area (Å²) in [7, 11) is 1.68. The van der Waals surface area contributed by atoms with Gasteiger partial charge in [-0.05, 0) is 47.5 Å². The molecule has 3 rings (SSSR count). The lowest BCUT2D eigenvalue weighted by atomic mass is 10.1. The summed E-state index contributed by atoms with van der Waals surface area (Å²) in [5, 5.41) is 0. The molecule has 0 radical (unpaired) electrons. The summed E-state index contributed by atoms with van der Waals surface area (Å²) in [6, 6.07) is 14.3. The predicted octanol–water partition coefficient (Wildman–Crippen LogP) is 2.80. The highest BCUT2D eigenvalue weighted by molar-refractivity contribution is 5.56. The van der Waals surface area contributed by atoms with Crippen LogP contribution in [0.15, 0.2) is 42.5 Å². The zero-order valence-corrected chi connectivity index (χ0v) is 10.4. The van der Waals surface area contributed by atoms with Gasteiger partial charge in [0.2, 0.25) is 0 Å². The van der Waals surface area contributed by atoms with Gasteiger partial charge >= 0.3 is 0 Å². The first kappa shape index (κ1) is 11.0. The number of benzene rings is 2. The van der Waals surface area contributed by atoms with Crippen LogP contribution in [0.5, 0.6) is 5.75 Å². The van der Waals surface area contributed by atoms with E-state index in [9.17, 15) is 0 Å². The maximum atomic E-state index is 5.82. The maximum absolute atomic E-state index is 5.82. The van der Waals surface area contributed by atoms with Crippen LogP contribution in [0.1, 0.15) is 11.1 Å². The zero-order chi connectivity index (χ0) is 12.5. The highest BCUT2D eigenvalue weighted by Crippen LogP contribution is 2.30. The third kappa shape index (κ3) is 1.88. The molecule has 1 aliphatic rings. The predicted molar refractivity (Wildman–Crippen MR) is 73.7 cm³/mol. The fourth-order valence-electron chi connectivity index (χ4n) is 2.39. The minimum Gasteiger partial charge on any atom is -0.497 e. The first-order valence-corrected chi connectivity index (χ1v) is 6.02. The molecule has 0 aromatic heterocycles. The largest absolute Gasteiger partial charge is 0.497 e. The Morgan fingerprint density at radius 2 is 1.72 bits per heavy atom. The molecule has 2 N–H and O–H groups in total. The highest BCUT2D eigenvalue weighted by Gasteiger charge is 2.19. The van der Waals surface area contributed by atoms with E-state index < -0.39 is 0 Å². The standard InChI is InChI=1S/C15H16N2O/c1-18-15-6-4-14(5-7-15)17-9-11-2-3-13(16)8-12(11)10-17/h2-8H,9-10,16H2,1H3. The van der Waals surface area contributed by atoms with E-state index in [0.717, 1.165) is 24.5 Å². The number of anilines is 2. The summed E-state index contributed by atoms with van der Waals surface area (Å²) < 4.78 is 5.17. The fourth-order valence-corrected chi connectivity index (χ4v) is 2.39. The van der Waals surface area contributed by atoms with E-state index >= 15 is 0 Å². The molecule has 92 valence electrons. The van der Waals surface area contributed by atoms with Gasteiger partial charge in [-0.15, -0.1) is 0 Å². The molecule has 1 aliphatic heterocycles. The Morgan fingerprint density at radius 3 is 2.44 bits per heavy atom. The van der Waals surface area contributed by atoms with E-state index in [4.69, 9.17) is 10.5 Å². The monoisotopic (exact) mass is 240 g/mol. The van der Waals surface area contributed by atoms with Gasteiger partial charge < -0.3 is 15.4 Å². The molecule has 0 spiro atoms. The van der Waals surface area contributed by atoms with Crippen LogP contribution >= 0.6 is 0 Å². The minimum atomic E-state index is 0.838. The van der Waals surface area contributed by atoms with Crippen LogP contribution < -0.4 is 15.4 Å². The van der Waals surface area contributed by atoms with Gasteiger partial charge in [-0.2, -0.15) is 0 Å². The Balaban J connectivity index is 1.84. The summed E-state index contributed by atoms with van der Waals surface area (Å²) >= 11 is 0. The number of nitrogen functional groups attached to an aromatic ring is 1. The summed E-state index contributed by atoms with van der Waals surface area (Å²) in [5.41, 5.74) is 10.6. The Hall–Kier alpha value is -2.16. The second-order valence-corrected chi connectivity index (χ2v) is 4.58. The molecule has 1 heterocycles. The van der Waals surface area contributed by atoms with Crippen molar-refractivity contribution in [3.8, 4) is 5.75 Å². The second kappa shape index (κ2) is 4.26. The highest BCUT2D eigenvalue weighted by atomic mass is 16.5. The Labute approximate surface area is 107 Å². The van der Waals surface area contributed by atoms with Crippen LogP contribution in [0.25, 0.3) is 0 Å². The van der Waals surface area contributed by atoms with E-state index in [1.807, 2.05) is 18.2 Å². The van der Waals surface area contributed by atoms with E-state index in [1.54, 1.807) is 7.11 Å². The number of rotatable bonds is 2. The van der Waals surface area contributed by atoms with Gasteiger partial charge in [0.15, 0.2) is 0 Å². The first-order valence-electron chi connectivity index (χ1n) is 6.02. The van der Waals surface area contributed by atoms with Crippen molar-refractivity contribution in [1.29, 1.82) is 0 Å². The van der Waals surface area contributed by atoms with Gasteiger partial charge in [-0.1, -0.05) is 6.07 Å². The number of hydrogen-bond donors (Lipinski definition) is 1. The number of fused-ring (bicyclic) bond motifs is 1. The number of nitrogens with two attached hydrogens (primary N) is 1. The van der Waals surface area contributed by atoms with Gasteiger partial charge in [-0.25, -0.2) is 0 Å². The van der Waals surface area contributed by atoms with E-state index in [-0.39, 0.29) is 0 Å². The molecule has 0 saturated heterocycles. The molecular weight excluding hydrogens is 224 g/mol. The number of ether oxygens (including phenoxy) is 1. The molecule has 0 amide bonds. The van der Waals surface area contributed by atoms with Crippen molar-refractivity contribution in [2.75, 3.05) is 17.7 Å². The second-order valence-electron chi connectivity index (χ2n) is 4.58. The average Bonchev–Trinajstić information content (AvgIpc) is 2.81. The lowest BCUT2D eigenvalue weighted by molar-refractivity contribution is 0.415. The third-order valence-electron chi connectivity index (χ3n) is 3.39. The minimum absolute atomic E-state index is 0.838. The average molecular weight is 240 g/mol. The van der Waals surface area contributed by atoms with Gasteiger partial charge in [0.25, 0.3) is 0 Å². The van der Waals surface area contributed by atoms with Gasteiger partial charge in [0, 0.05) is 24.5 Å². The lowest BCUT2D eigenvalue weighted by Crippen LogP contribution is -2.14. The zero-order valence-electron chi connectivity index (χ0n) is 10.4. The summed E-state index contributed by atoms with van der Waals surface area (Å²) in [6.07, 6.45) is 0. The molecule has 0 bridgehead atoms. The Bertz CT molecular complexity index is 563. The molecular formula is C15H16N2O. The van der Waals surface area contributed by atoms with Crippen molar-refractivity contribution in [2.24, 2.45) is 0 Å². The molecule has 3 heteroatoms. The van der Waals surface area contributed by atoms with Crippen LogP contribution in [-0.2, 0) is 13.1 Å². The van der Waals surface area contributed by atoms with E-state index in [0.29, 0.717) is 0 Å². The molecule has 0 fully saturated rings. The van der Waals surface area contributed by atoms with Crippen molar-refractivity contribution < 1.29 is 4.74 Å². The van der Waals surface area contributed by atoms with Crippen molar-refractivity contribution in [2.45, 2.75) is 13.1 Å². The Morgan fingerprint density at radius 1 is 1.00 bits per heavy atom. The number of methoxy groups -OCH3 is 1. The van der Waals surface area contributed by atoms with Crippen LogP contribution in [0.4, 0.5) is 11.4 Å². The normalized spacial score (nSPS) is 13.5. The Kier molecular flexibility index (Phi) is 2.59. The SMILES string of the molecule is COc1ccc(N2Cc3ccc(N)cc3C2)cc1. The molecule has 0 unspecified atom stereocenters. The molecule has 3 nitrogen and oxygen atoms in total. The molecule has 2 aromatic rings. The van der Waals surface area contributed by atoms with E-state index in [2.05, 4.69) is 29.2 Å². The van der Waals surface area contributed by atoms with Crippen molar-refractivity contribution in [1.82, 2.24) is 0 Å². The van der Waals surface area contributed by atoms with Gasteiger partial charge in [0.05, 0.1) is 7.11 Å². The molecule has 0 aliphatic carbocycles. The fraction of sp³-hybridized carbons (Fsp3) is 0.200. The number of nitrogens with zero attached hydrogens (tertiary/aromatic N) is 1. The first-order chi connectivity index (χ1) is 8.76. The van der Waals surface area contributed by atoms with Crippen LogP contribution in [0.3, 0.4) is 0 Å². The molecule has 2 aromatic carbocycles. The van der Waals surface area contributed by atoms with Crippen LogP contribution in [-0.4, -0.2) is 7.11 Å². The molecule has 0 atom stereocenters. The van der Waals surface area contributed by atoms with Crippen molar-refractivity contribution >= 4 is 11.4 Å². The maximum Gasteiger partial charge on any atom is 0.119 e. The van der Waals surface area contributed by atoms with Crippen LogP contribution in [0.2, 0.25) is 0 Å². The number of hydrogen-bond acceptors (Lipinski definition) is 3. The topological polar surface area (TPSA) is 38.5 Å². The van der Waals surface area contributed by atoms with Gasteiger partial charge in [-0.3, -0.25) is 0 Å². The lowest BCUT2D eigenvalue weighted by Gasteiger charge is -2.17. The third-order valence-corrected chi connectivity index (χ3v) is 3.39. The van der Waals surface area contributed by atoms with Crippen molar-refractivity contribution in [3.05, 3.63) is 53.6 Å². The van der Waals surface area contributed by atoms with E-state index in [1.165, 1.54) is 16.8 Å². The summed E-state index contributed by atoms with van der Waals surface area (Å²) in [6.45, 7) is 1.87. The smallest absolute Gasteiger partial charge is 0.119 e. The molecule has 0 saturated carbocycles. The summed E-state index contributed by atoms with van der Waals surface area (Å²) in [5.74, 6) is 0.889.